The number of ether oxygens (including phenoxy) is 1. The van der Waals surface area contributed by atoms with E-state index in [1.807, 2.05) is 0 Å². The van der Waals surface area contributed by atoms with Gasteiger partial charge in [0.2, 0.25) is 0 Å². The molecule has 1 saturated carbocycles. The molecule has 0 aliphatic heterocycles. The highest BCUT2D eigenvalue weighted by atomic mass is 16.5. The first-order chi connectivity index (χ1) is 5.72. The molecule has 0 amide bonds. The highest BCUT2D eigenvalue weighted by Gasteiger charge is 2.21. The fourth-order valence-electron chi connectivity index (χ4n) is 1.43. The van der Waals surface area contributed by atoms with Crippen LogP contribution in [0, 0.1) is 0 Å². The molecule has 1 fully saturated rings. The molecule has 70 valence electrons. The van der Waals surface area contributed by atoms with E-state index >= 15 is 0 Å². The molecule has 1 rings (SSSR count). The quantitative estimate of drug-likeness (QED) is 0.637. The Labute approximate surface area is 72.7 Å². The van der Waals surface area contributed by atoms with Crippen molar-refractivity contribution < 1.29 is 14.6 Å². The first-order valence-electron chi connectivity index (χ1n) is 4.60. The van der Waals surface area contributed by atoms with Gasteiger partial charge in [0, 0.05) is 6.42 Å². The predicted molar refractivity (Wildman–Crippen MR) is 44.6 cm³/mol. The number of hydrogen-bond acceptors (Lipinski definition) is 3. The second kappa shape index (κ2) is 4.45. The van der Waals surface area contributed by atoms with E-state index in [1.54, 1.807) is 6.92 Å². The summed E-state index contributed by atoms with van der Waals surface area (Å²) in [5.41, 5.74) is 0. The molecule has 0 aromatic carbocycles. The molecule has 0 spiro atoms. The molecular formula is C9H16O3. The first-order valence-corrected chi connectivity index (χ1v) is 4.60. The fraction of sp³-hybridized carbons (Fsp3) is 0.889. The lowest BCUT2D eigenvalue weighted by molar-refractivity contribution is -0.151. The minimum Gasteiger partial charge on any atom is -0.462 e. The van der Waals surface area contributed by atoms with Gasteiger partial charge in [0.1, 0.15) is 6.10 Å². The summed E-state index contributed by atoms with van der Waals surface area (Å²) in [5, 5.41) is 9.18. The van der Waals surface area contributed by atoms with Crippen LogP contribution in [0.25, 0.3) is 0 Å². The zero-order chi connectivity index (χ0) is 8.97. The number of carbonyl (C=O) groups excluding carboxylic acids is 1. The SMILES string of the molecule is CCC(=O)OC1CCC(O)CC1. The molecule has 1 N–H and O–H groups in total. The van der Waals surface area contributed by atoms with Crippen LogP contribution >= 0.6 is 0 Å². The van der Waals surface area contributed by atoms with Crippen LogP contribution in [-0.4, -0.2) is 23.3 Å². The summed E-state index contributed by atoms with van der Waals surface area (Å²) in [7, 11) is 0. The highest BCUT2D eigenvalue weighted by Crippen LogP contribution is 2.21. The Bertz CT molecular complexity index is 148. The van der Waals surface area contributed by atoms with Gasteiger partial charge < -0.3 is 9.84 Å². The molecule has 12 heavy (non-hydrogen) atoms. The van der Waals surface area contributed by atoms with Gasteiger partial charge in [0.15, 0.2) is 0 Å². The van der Waals surface area contributed by atoms with Crippen LogP contribution in [0.5, 0.6) is 0 Å². The molecule has 0 radical (unpaired) electrons. The fourth-order valence-corrected chi connectivity index (χ4v) is 1.43. The summed E-state index contributed by atoms with van der Waals surface area (Å²) in [4.78, 5) is 10.9. The highest BCUT2D eigenvalue weighted by molar-refractivity contribution is 5.69. The van der Waals surface area contributed by atoms with Crippen LogP contribution in [0.15, 0.2) is 0 Å². The van der Waals surface area contributed by atoms with Crippen molar-refractivity contribution in [1.82, 2.24) is 0 Å². The van der Waals surface area contributed by atoms with Crippen molar-refractivity contribution in [3.63, 3.8) is 0 Å². The molecule has 0 unspecified atom stereocenters. The van der Waals surface area contributed by atoms with E-state index in [2.05, 4.69) is 0 Å². The molecule has 0 heterocycles. The van der Waals surface area contributed by atoms with Crippen LogP contribution in [0.3, 0.4) is 0 Å². The van der Waals surface area contributed by atoms with Crippen LogP contribution in [-0.2, 0) is 9.53 Å². The molecule has 0 bridgehead atoms. The topological polar surface area (TPSA) is 46.5 Å². The average Bonchev–Trinajstić information content (AvgIpc) is 2.09. The van der Waals surface area contributed by atoms with Crippen molar-refractivity contribution in [1.29, 1.82) is 0 Å². The van der Waals surface area contributed by atoms with Gasteiger partial charge in [-0.1, -0.05) is 6.92 Å². The number of hydrogen-bond donors (Lipinski definition) is 1. The van der Waals surface area contributed by atoms with E-state index in [-0.39, 0.29) is 18.2 Å². The Morgan fingerprint density at radius 2 is 2.00 bits per heavy atom. The lowest BCUT2D eigenvalue weighted by Crippen LogP contribution is -2.26. The summed E-state index contributed by atoms with van der Waals surface area (Å²) in [6.07, 6.45) is 3.48. The lowest BCUT2D eigenvalue weighted by atomic mass is 9.95. The van der Waals surface area contributed by atoms with Crippen LogP contribution in [0.4, 0.5) is 0 Å². The van der Waals surface area contributed by atoms with Crippen LogP contribution in [0.1, 0.15) is 39.0 Å². The molecule has 1 aliphatic carbocycles. The third kappa shape index (κ3) is 2.81. The summed E-state index contributed by atoms with van der Waals surface area (Å²) in [5.74, 6) is -0.128. The van der Waals surface area contributed by atoms with Crippen LogP contribution in [0.2, 0.25) is 0 Å². The van der Waals surface area contributed by atoms with Crippen molar-refractivity contribution in [3.05, 3.63) is 0 Å². The standard InChI is InChI=1S/C9H16O3/c1-2-9(11)12-8-5-3-7(10)4-6-8/h7-8,10H,2-6H2,1H3. The number of esters is 1. The predicted octanol–water partition coefficient (Wildman–Crippen LogP) is 1.24. The molecule has 0 aromatic heterocycles. The average molecular weight is 172 g/mol. The molecule has 1 aliphatic rings. The Hall–Kier alpha value is -0.570. The van der Waals surface area contributed by atoms with Crippen molar-refractivity contribution in [2.75, 3.05) is 0 Å². The van der Waals surface area contributed by atoms with Gasteiger partial charge in [-0.15, -0.1) is 0 Å². The second-order valence-electron chi connectivity index (χ2n) is 3.27. The minimum atomic E-state index is -0.179. The Balaban J connectivity index is 2.21. The second-order valence-corrected chi connectivity index (χ2v) is 3.27. The third-order valence-electron chi connectivity index (χ3n) is 2.23. The molecule has 0 saturated heterocycles. The zero-order valence-electron chi connectivity index (χ0n) is 7.45. The van der Waals surface area contributed by atoms with Crippen molar-refractivity contribution >= 4 is 5.97 Å². The molecule has 3 nitrogen and oxygen atoms in total. The number of aliphatic hydroxyl groups excluding tert-OH is 1. The normalized spacial score (nSPS) is 29.8. The molecule has 3 heteroatoms. The number of aliphatic hydroxyl groups is 1. The van der Waals surface area contributed by atoms with E-state index in [1.165, 1.54) is 0 Å². The van der Waals surface area contributed by atoms with Gasteiger partial charge >= 0.3 is 5.97 Å². The minimum absolute atomic E-state index is 0.0563. The van der Waals surface area contributed by atoms with E-state index in [0.717, 1.165) is 25.7 Å². The maximum absolute atomic E-state index is 10.9. The van der Waals surface area contributed by atoms with Gasteiger partial charge in [-0.25, -0.2) is 0 Å². The number of carbonyl (C=O) groups is 1. The zero-order valence-corrected chi connectivity index (χ0v) is 7.45. The smallest absolute Gasteiger partial charge is 0.305 e. The van der Waals surface area contributed by atoms with Gasteiger partial charge in [-0.05, 0) is 25.7 Å². The molecule has 0 aromatic rings. The summed E-state index contributed by atoms with van der Waals surface area (Å²) in [6, 6.07) is 0. The van der Waals surface area contributed by atoms with E-state index in [0.29, 0.717) is 6.42 Å². The van der Waals surface area contributed by atoms with Crippen molar-refractivity contribution in [2.24, 2.45) is 0 Å². The molecule has 0 atom stereocenters. The number of rotatable bonds is 2. The lowest BCUT2D eigenvalue weighted by Gasteiger charge is -2.24. The molecular weight excluding hydrogens is 156 g/mol. The maximum Gasteiger partial charge on any atom is 0.305 e. The monoisotopic (exact) mass is 172 g/mol. The first kappa shape index (κ1) is 9.52. The largest absolute Gasteiger partial charge is 0.462 e. The maximum atomic E-state index is 10.9. The van der Waals surface area contributed by atoms with Crippen molar-refractivity contribution in [3.8, 4) is 0 Å². The van der Waals surface area contributed by atoms with Crippen molar-refractivity contribution in [2.45, 2.75) is 51.2 Å². The van der Waals surface area contributed by atoms with E-state index < -0.39 is 0 Å². The van der Waals surface area contributed by atoms with E-state index in [4.69, 9.17) is 4.74 Å². The van der Waals surface area contributed by atoms with Crippen LogP contribution < -0.4 is 0 Å². The van der Waals surface area contributed by atoms with Gasteiger partial charge in [-0.3, -0.25) is 4.79 Å². The Kier molecular flexibility index (Phi) is 3.53. The third-order valence-corrected chi connectivity index (χ3v) is 2.23. The van der Waals surface area contributed by atoms with Gasteiger partial charge in [0.05, 0.1) is 6.10 Å². The van der Waals surface area contributed by atoms with Gasteiger partial charge in [-0.2, -0.15) is 0 Å². The summed E-state index contributed by atoms with van der Waals surface area (Å²) < 4.78 is 5.14. The Morgan fingerprint density at radius 3 is 2.50 bits per heavy atom. The van der Waals surface area contributed by atoms with Gasteiger partial charge in [0.25, 0.3) is 0 Å². The Morgan fingerprint density at radius 1 is 1.42 bits per heavy atom. The summed E-state index contributed by atoms with van der Waals surface area (Å²) >= 11 is 0. The van der Waals surface area contributed by atoms with E-state index in [9.17, 15) is 9.90 Å². The summed E-state index contributed by atoms with van der Waals surface area (Å²) in [6.45, 7) is 1.79.